The second-order valence-corrected chi connectivity index (χ2v) is 7.14. The molecule has 0 atom stereocenters. The molecule has 4 rings (SSSR count). The standard InChI is InChI=1S/C21H21N5O5/c1-12-5-4-6-13(9-12)30-11-14-7-8-15(31-14)19(27)22-10-16-23-17-18(24-16)25(2)21(29)26(3)20(17)28/h4-9H,10-11H2,1-3H3,(H,22,27)(H,23,24). The average Bonchev–Trinajstić information content (AvgIpc) is 3.41. The number of rotatable bonds is 6. The van der Waals surface area contributed by atoms with E-state index in [1.54, 1.807) is 12.1 Å². The fourth-order valence-corrected chi connectivity index (χ4v) is 3.15. The molecule has 0 aliphatic carbocycles. The predicted octanol–water partition coefficient (Wildman–Crippen LogP) is 1.37. The number of hydrogen-bond donors (Lipinski definition) is 2. The van der Waals surface area contributed by atoms with Gasteiger partial charge in [-0.1, -0.05) is 12.1 Å². The summed E-state index contributed by atoms with van der Waals surface area (Å²) in [5.41, 5.74) is 0.553. The number of ether oxygens (including phenoxy) is 1. The van der Waals surface area contributed by atoms with Gasteiger partial charge in [0.05, 0.1) is 6.54 Å². The van der Waals surface area contributed by atoms with Crippen molar-refractivity contribution in [3.05, 3.63) is 80.1 Å². The number of nitrogens with zero attached hydrogens (tertiary/aromatic N) is 3. The molecule has 10 nitrogen and oxygen atoms in total. The number of furan rings is 1. The van der Waals surface area contributed by atoms with Crippen molar-refractivity contribution in [3.8, 4) is 5.75 Å². The molecule has 31 heavy (non-hydrogen) atoms. The van der Waals surface area contributed by atoms with Gasteiger partial charge in [-0.25, -0.2) is 9.78 Å². The highest BCUT2D eigenvalue weighted by Gasteiger charge is 2.15. The molecule has 0 unspecified atom stereocenters. The molecule has 0 radical (unpaired) electrons. The predicted molar refractivity (Wildman–Crippen MR) is 112 cm³/mol. The van der Waals surface area contributed by atoms with Crippen molar-refractivity contribution in [3.63, 3.8) is 0 Å². The minimum Gasteiger partial charge on any atom is -0.486 e. The van der Waals surface area contributed by atoms with E-state index >= 15 is 0 Å². The van der Waals surface area contributed by atoms with Crippen LogP contribution in [0.2, 0.25) is 0 Å². The van der Waals surface area contributed by atoms with Crippen molar-refractivity contribution in [2.45, 2.75) is 20.1 Å². The van der Waals surface area contributed by atoms with Crippen molar-refractivity contribution in [2.75, 3.05) is 0 Å². The first-order chi connectivity index (χ1) is 14.8. The van der Waals surface area contributed by atoms with Crippen LogP contribution in [0.5, 0.6) is 5.75 Å². The molecule has 3 heterocycles. The number of fused-ring (bicyclic) bond motifs is 1. The fourth-order valence-electron chi connectivity index (χ4n) is 3.15. The maximum absolute atomic E-state index is 12.4. The number of carbonyl (C=O) groups is 1. The van der Waals surface area contributed by atoms with Crippen LogP contribution in [0.1, 0.15) is 27.7 Å². The van der Waals surface area contributed by atoms with Gasteiger partial charge in [0.1, 0.15) is 29.5 Å². The van der Waals surface area contributed by atoms with E-state index in [4.69, 9.17) is 9.15 Å². The monoisotopic (exact) mass is 423 g/mol. The lowest BCUT2D eigenvalue weighted by atomic mass is 10.2. The molecular weight excluding hydrogens is 402 g/mol. The molecule has 0 bridgehead atoms. The van der Waals surface area contributed by atoms with Crippen LogP contribution >= 0.6 is 0 Å². The first-order valence-corrected chi connectivity index (χ1v) is 9.54. The minimum atomic E-state index is -0.479. The van der Waals surface area contributed by atoms with E-state index in [9.17, 15) is 14.4 Å². The lowest BCUT2D eigenvalue weighted by Crippen LogP contribution is -2.36. The molecule has 160 valence electrons. The van der Waals surface area contributed by atoms with E-state index in [0.29, 0.717) is 17.3 Å². The summed E-state index contributed by atoms with van der Waals surface area (Å²) >= 11 is 0. The number of imidazole rings is 1. The fraction of sp³-hybridized carbons (Fsp3) is 0.238. The van der Waals surface area contributed by atoms with Gasteiger partial charge in [0.2, 0.25) is 0 Å². The van der Waals surface area contributed by atoms with Gasteiger partial charge in [0.25, 0.3) is 11.5 Å². The third-order valence-corrected chi connectivity index (χ3v) is 4.82. The van der Waals surface area contributed by atoms with Gasteiger partial charge in [-0.3, -0.25) is 18.7 Å². The molecule has 1 aromatic carbocycles. The molecule has 1 amide bonds. The number of aryl methyl sites for hydroxylation is 2. The number of nitrogens with one attached hydrogen (secondary N) is 2. The number of aromatic amines is 1. The number of hydrogen-bond acceptors (Lipinski definition) is 6. The average molecular weight is 423 g/mol. The van der Waals surface area contributed by atoms with Crippen LogP contribution < -0.4 is 21.3 Å². The van der Waals surface area contributed by atoms with Gasteiger partial charge in [-0.15, -0.1) is 0 Å². The summed E-state index contributed by atoms with van der Waals surface area (Å²) in [6, 6.07) is 10.9. The first-order valence-electron chi connectivity index (χ1n) is 9.54. The summed E-state index contributed by atoms with van der Waals surface area (Å²) in [5, 5.41) is 2.68. The lowest BCUT2D eigenvalue weighted by Gasteiger charge is -2.04. The summed E-state index contributed by atoms with van der Waals surface area (Å²) in [6.07, 6.45) is 0. The van der Waals surface area contributed by atoms with Crippen molar-refractivity contribution in [2.24, 2.45) is 14.1 Å². The Hall–Kier alpha value is -4.08. The van der Waals surface area contributed by atoms with Gasteiger partial charge in [-0.2, -0.15) is 0 Å². The maximum Gasteiger partial charge on any atom is 0.332 e. The van der Waals surface area contributed by atoms with Gasteiger partial charge in [0.15, 0.2) is 11.4 Å². The van der Waals surface area contributed by atoms with Crippen LogP contribution in [-0.2, 0) is 27.2 Å². The van der Waals surface area contributed by atoms with E-state index < -0.39 is 17.2 Å². The van der Waals surface area contributed by atoms with Crippen LogP contribution in [0, 0.1) is 6.92 Å². The smallest absolute Gasteiger partial charge is 0.332 e. The number of benzene rings is 1. The van der Waals surface area contributed by atoms with Crippen molar-refractivity contribution >= 4 is 17.1 Å². The van der Waals surface area contributed by atoms with Gasteiger partial charge < -0.3 is 19.5 Å². The molecule has 0 aliphatic rings. The molecule has 10 heteroatoms. The van der Waals surface area contributed by atoms with Gasteiger partial charge in [0, 0.05) is 14.1 Å². The summed E-state index contributed by atoms with van der Waals surface area (Å²) in [7, 11) is 2.92. The third kappa shape index (κ3) is 4.00. The largest absolute Gasteiger partial charge is 0.486 e. The summed E-state index contributed by atoms with van der Waals surface area (Å²) in [4.78, 5) is 43.7. The molecule has 0 saturated heterocycles. The van der Waals surface area contributed by atoms with Gasteiger partial charge in [-0.05, 0) is 36.8 Å². The van der Waals surface area contributed by atoms with Crippen molar-refractivity contribution in [1.29, 1.82) is 0 Å². The Bertz CT molecular complexity index is 1390. The molecule has 2 N–H and O–H groups in total. The zero-order valence-electron chi connectivity index (χ0n) is 17.3. The molecule has 0 aliphatic heterocycles. The highest BCUT2D eigenvalue weighted by molar-refractivity contribution is 5.91. The zero-order valence-corrected chi connectivity index (χ0v) is 17.3. The van der Waals surface area contributed by atoms with Crippen LogP contribution in [0.4, 0.5) is 0 Å². The SMILES string of the molecule is Cc1cccc(OCc2ccc(C(=O)NCc3nc4c([nH]3)c(=O)n(C)c(=O)n4C)o2)c1. The number of aromatic nitrogens is 4. The summed E-state index contributed by atoms with van der Waals surface area (Å²) in [6.45, 7) is 2.19. The van der Waals surface area contributed by atoms with Crippen LogP contribution in [0.25, 0.3) is 11.2 Å². The molecule has 4 aromatic rings. The Labute approximate surface area is 176 Å². The number of H-pyrrole nitrogens is 1. The Kier molecular flexibility index (Phi) is 5.20. The topological polar surface area (TPSA) is 124 Å². The zero-order chi connectivity index (χ0) is 22.1. The molecule has 0 spiro atoms. The molecule has 0 fully saturated rings. The summed E-state index contributed by atoms with van der Waals surface area (Å²) in [5.74, 6) is 1.25. The first kappa shape index (κ1) is 20.2. The lowest BCUT2D eigenvalue weighted by molar-refractivity contribution is 0.0918. The van der Waals surface area contributed by atoms with E-state index in [1.165, 1.54) is 18.7 Å². The van der Waals surface area contributed by atoms with Crippen molar-refractivity contribution in [1.82, 2.24) is 24.4 Å². The minimum absolute atomic E-state index is 0.0285. The van der Waals surface area contributed by atoms with E-state index in [0.717, 1.165) is 10.1 Å². The van der Waals surface area contributed by atoms with Crippen LogP contribution in [0.15, 0.2) is 50.4 Å². The highest BCUT2D eigenvalue weighted by Crippen LogP contribution is 2.16. The Morgan fingerprint density at radius 2 is 2.00 bits per heavy atom. The second kappa shape index (κ2) is 7.98. The normalized spacial score (nSPS) is 11.1. The van der Waals surface area contributed by atoms with E-state index in [2.05, 4.69) is 15.3 Å². The van der Waals surface area contributed by atoms with E-state index in [1.807, 2.05) is 31.2 Å². The van der Waals surface area contributed by atoms with Crippen LogP contribution in [0.3, 0.4) is 0 Å². The van der Waals surface area contributed by atoms with Crippen LogP contribution in [-0.4, -0.2) is 25.0 Å². The molecule has 0 saturated carbocycles. The number of carbonyl (C=O) groups excluding carboxylic acids is 1. The van der Waals surface area contributed by atoms with Gasteiger partial charge >= 0.3 is 5.69 Å². The maximum atomic E-state index is 12.4. The highest BCUT2D eigenvalue weighted by atomic mass is 16.5. The van der Waals surface area contributed by atoms with Crippen molar-refractivity contribution < 1.29 is 13.9 Å². The molecular formula is C21H21N5O5. The summed E-state index contributed by atoms with van der Waals surface area (Å²) < 4.78 is 13.5. The Morgan fingerprint density at radius 1 is 1.19 bits per heavy atom. The third-order valence-electron chi connectivity index (χ3n) is 4.82. The second-order valence-electron chi connectivity index (χ2n) is 7.14. The molecule has 3 aromatic heterocycles. The quantitative estimate of drug-likeness (QED) is 0.483. The van der Waals surface area contributed by atoms with E-state index in [-0.39, 0.29) is 30.1 Å². The Morgan fingerprint density at radius 3 is 2.77 bits per heavy atom. The Balaban J connectivity index is 1.41. The number of amides is 1.